The fourth-order valence-electron chi connectivity index (χ4n) is 1.65. The molecule has 0 unspecified atom stereocenters. The van der Waals surface area contributed by atoms with Gasteiger partial charge in [0.2, 0.25) is 12.2 Å². The Morgan fingerprint density at radius 2 is 1.15 bits per heavy atom. The third kappa shape index (κ3) is 20.8. The molecule has 0 atom stereocenters. The van der Waals surface area contributed by atoms with Crippen molar-refractivity contribution in [2.45, 2.75) is 6.92 Å². The number of aliphatic hydroxyl groups is 1. The maximum Gasteiger partial charge on any atom is 0.330 e. The van der Waals surface area contributed by atoms with Crippen LogP contribution in [0.1, 0.15) is 5.56 Å². The smallest absolute Gasteiger partial charge is 0.330 e. The zero-order chi connectivity index (χ0) is 26.8. The molecule has 11 heteroatoms. The normalized spacial score (nSPS) is 8.53. The average Bonchev–Trinajstić information content (AvgIpc) is 2.85. The number of carbonyl (C=O) groups excluding carboxylic acids is 5. The Hall–Kier alpha value is -4.43. The van der Waals surface area contributed by atoms with E-state index in [2.05, 4.69) is 38.8 Å². The minimum absolute atomic E-state index is 0.330. The lowest BCUT2D eigenvalue weighted by Crippen LogP contribution is -2.42. The van der Waals surface area contributed by atoms with Gasteiger partial charge in [0, 0.05) is 18.2 Å². The summed E-state index contributed by atoms with van der Waals surface area (Å²) >= 11 is 0. The SMILES string of the molecule is C=CC(=O)OCC(CO)(COC(=O)C=C)COC(=O)C=C.Cc1ccccc1.N=C=O.N=C=O. The van der Waals surface area contributed by atoms with Crippen molar-refractivity contribution in [3.05, 3.63) is 73.9 Å². The minimum atomic E-state index is -1.28. The van der Waals surface area contributed by atoms with Gasteiger partial charge in [-0.15, -0.1) is 0 Å². The van der Waals surface area contributed by atoms with Crippen molar-refractivity contribution in [2.75, 3.05) is 26.4 Å². The molecule has 0 spiro atoms. The molecule has 0 fully saturated rings. The number of esters is 3. The van der Waals surface area contributed by atoms with Crippen molar-refractivity contribution < 1.29 is 43.3 Å². The van der Waals surface area contributed by atoms with Gasteiger partial charge in [0.1, 0.15) is 19.8 Å². The lowest BCUT2D eigenvalue weighted by Gasteiger charge is -2.29. The number of hydrogen-bond donors (Lipinski definition) is 3. The average molecular weight is 476 g/mol. The number of isocyanates is 2. The summed E-state index contributed by atoms with van der Waals surface area (Å²) in [6, 6.07) is 10.3. The summed E-state index contributed by atoms with van der Waals surface area (Å²) in [7, 11) is 0. The maximum absolute atomic E-state index is 11.1. The van der Waals surface area contributed by atoms with Crippen LogP contribution in [0.2, 0.25) is 0 Å². The predicted molar refractivity (Wildman–Crippen MR) is 121 cm³/mol. The van der Waals surface area contributed by atoms with Gasteiger partial charge in [-0.25, -0.2) is 34.8 Å². The van der Waals surface area contributed by atoms with Gasteiger partial charge in [0.15, 0.2) is 0 Å². The molecule has 3 N–H and O–H groups in total. The quantitative estimate of drug-likeness (QED) is 0.149. The predicted octanol–water partition coefficient (Wildman–Crippen LogP) is 1.95. The Morgan fingerprint density at radius 3 is 1.32 bits per heavy atom. The van der Waals surface area contributed by atoms with Crippen LogP contribution in [0.25, 0.3) is 0 Å². The van der Waals surface area contributed by atoms with Gasteiger partial charge in [0.05, 0.1) is 12.0 Å². The zero-order valence-corrected chi connectivity index (χ0v) is 18.8. The second-order valence-electron chi connectivity index (χ2n) is 5.95. The molecule has 1 rings (SSSR count). The first-order valence-corrected chi connectivity index (χ1v) is 9.23. The lowest BCUT2D eigenvalue weighted by atomic mass is 9.92. The monoisotopic (exact) mass is 476 g/mol. The lowest BCUT2D eigenvalue weighted by molar-refractivity contribution is -0.159. The van der Waals surface area contributed by atoms with E-state index in [9.17, 15) is 19.5 Å². The van der Waals surface area contributed by atoms with Gasteiger partial charge in [-0.2, -0.15) is 0 Å². The summed E-state index contributed by atoms with van der Waals surface area (Å²) in [5, 5.41) is 20.3. The van der Waals surface area contributed by atoms with Crippen LogP contribution in [0.4, 0.5) is 0 Å². The summed E-state index contributed by atoms with van der Waals surface area (Å²) < 4.78 is 14.5. The fourth-order valence-corrected chi connectivity index (χ4v) is 1.65. The van der Waals surface area contributed by atoms with Crippen LogP contribution in [0.5, 0.6) is 0 Å². The van der Waals surface area contributed by atoms with Crippen LogP contribution in [0, 0.1) is 23.2 Å². The van der Waals surface area contributed by atoms with Crippen LogP contribution in [-0.2, 0) is 38.2 Å². The number of rotatable bonds is 10. The van der Waals surface area contributed by atoms with Crippen molar-refractivity contribution in [1.82, 2.24) is 0 Å². The molecule has 1 aromatic rings. The molecule has 0 aliphatic rings. The molecule has 34 heavy (non-hydrogen) atoms. The number of ether oxygens (including phenoxy) is 3. The molecule has 0 aromatic heterocycles. The summed E-state index contributed by atoms with van der Waals surface area (Å²) in [5.74, 6) is -2.17. The van der Waals surface area contributed by atoms with Crippen LogP contribution >= 0.6 is 0 Å². The Bertz CT molecular complexity index is 767. The van der Waals surface area contributed by atoms with Crippen LogP contribution in [-0.4, -0.2) is 61.6 Å². The Kier molecular flexibility index (Phi) is 23.4. The van der Waals surface area contributed by atoms with Gasteiger partial charge >= 0.3 is 17.9 Å². The maximum atomic E-state index is 11.1. The molecule has 0 heterocycles. The third-order valence-corrected chi connectivity index (χ3v) is 3.34. The second kappa shape index (κ2) is 23.2. The van der Waals surface area contributed by atoms with Crippen molar-refractivity contribution in [3.8, 4) is 0 Å². The summed E-state index contributed by atoms with van der Waals surface area (Å²) in [6.07, 6.45) is 4.31. The highest BCUT2D eigenvalue weighted by molar-refractivity contribution is 5.82. The molecule has 1 aromatic carbocycles. The molecule has 0 saturated heterocycles. The van der Waals surface area contributed by atoms with E-state index < -0.39 is 29.9 Å². The van der Waals surface area contributed by atoms with E-state index in [4.69, 9.17) is 34.6 Å². The van der Waals surface area contributed by atoms with Crippen LogP contribution in [0.15, 0.2) is 68.3 Å². The highest BCUT2D eigenvalue weighted by atomic mass is 16.6. The van der Waals surface area contributed by atoms with Gasteiger partial charge in [-0.05, 0) is 6.92 Å². The molecule has 0 aliphatic heterocycles. The highest BCUT2D eigenvalue weighted by Gasteiger charge is 2.35. The largest absolute Gasteiger partial charge is 0.462 e. The van der Waals surface area contributed by atoms with Gasteiger partial charge in [-0.3, -0.25) is 0 Å². The number of aryl methyl sites for hydroxylation is 1. The van der Waals surface area contributed by atoms with Gasteiger partial charge in [0.25, 0.3) is 0 Å². The van der Waals surface area contributed by atoms with Gasteiger partial charge < -0.3 is 19.3 Å². The molecule has 0 radical (unpaired) electrons. The van der Waals surface area contributed by atoms with Crippen molar-refractivity contribution in [2.24, 2.45) is 5.41 Å². The van der Waals surface area contributed by atoms with E-state index in [-0.39, 0.29) is 19.8 Å². The number of carbonyl (C=O) groups is 3. The molecule has 0 amide bonds. The first-order chi connectivity index (χ1) is 16.1. The summed E-state index contributed by atoms with van der Waals surface area (Å²) in [5.41, 5.74) is 0.0400. The number of nitrogens with one attached hydrogen (secondary N) is 2. The standard InChI is InChI=1S/C14H18O7.C7H8.2CHNO/c1-4-11(16)19-8-14(7-15,9-20-12(17)5-2)10-21-13(18)6-3;1-7-5-3-2-4-6-7;2*2-1-3/h4-6,15H,1-3,7-10H2;2-6H,1H3;2*2H. The first-order valence-electron chi connectivity index (χ1n) is 9.23. The number of hydrogen-bond acceptors (Lipinski definition) is 11. The molecular weight excluding hydrogens is 448 g/mol. The molecule has 0 saturated carbocycles. The van der Waals surface area contributed by atoms with E-state index in [0.29, 0.717) is 0 Å². The molecular formula is C23H28N2O9. The van der Waals surface area contributed by atoms with Crippen molar-refractivity contribution in [3.63, 3.8) is 0 Å². The molecule has 0 aliphatic carbocycles. The van der Waals surface area contributed by atoms with E-state index >= 15 is 0 Å². The minimum Gasteiger partial charge on any atom is -0.462 e. The molecule has 0 bridgehead atoms. The second-order valence-corrected chi connectivity index (χ2v) is 5.95. The third-order valence-electron chi connectivity index (χ3n) is 3.34. The van der Waals surface area contributed by atoms with Gasteiger partial charge in [-0.1, -0.05) is 55.6 Å². The molecule has 184 valence electrons. The van der Waals surface area contributed by atoms with Crippen molar-refractivity contribution in [1.29, 1.82) is 10.8 Å². The summed E-state index contributed by atoms with van der Waals surface area (Å²) in [4.78, 5) is 50.0. The fraction of sp³-hybridized carbons (Fsp3) is 0.261. The number of aliphatic hydroxyl groups excluding tert-OH is 1. The number of benzene rings is 1. The Morgan fingerprint density at radius 1 is 0.853 bits per heavy atom. The van der Waals surface area contributed by atoms with Crippen LogP contribution < -0.4 is 0 Å². The first kappa shape index (κ1) is 34.2. The highest BCUT2D eigenvalue weighted by Crippen LogP contribution is 2.19. The zero-order valence-electron chi connectivity index (χ0n) is 18.8. The van der Waals surface area contributed by atoms with E-state index in [1.165, 1.54) is 5.56 Å². The Labute approximate surface area is 197 Å². The van der Waals surface area contributed by atoms with Crippen LogP contribution in [0.3, 0.4) is 0 Å². The Balaban J connectivity index is -0.000000597. The van der Waals surface area contributed by atoms with E-state index in [0.717, 1.165) is 30.4 Å². The van der Waals surface area contributed by atoms with Crippen molar-refractivity contribution >= 4 is 30.1 Å². The molecule has 11 nitrogen and oxygen atoms in total. The topological polar surface area (TPSA) is 181 Å². The van der Waals surface area contributed by atoms with E-state index in [1.54, 1.807) is 0 Å². The summed E-state index contributed by atoms with van der Waals surface area (Å²) in [6.45, 7) is 10.2. The van der Waals surface area contributed by atoms with E-state index in [1.807, 2.05) is 18.2 Å².